The lowest BCUT2D eigenvalue weighted by atomic mass is 9.93. The number of amides is 1. The minimum absolute atomic E-state index is 0.0236. The average molecular weight is 263 g/mol. The summed E-state index contributed by atoms with van der Waals surface area (Å²) in [5.74, 6) is -1.15. The highest BCUT2D eigenvalue weighted by atomic mass is 35.5. The van der Waals surface area contributed by atoms with Gasteiger partial charge in [0.05, 0.1) is 5.56 Å². The highest BCUT2D eigenvalue weighted by Gasteiger charge is 2.22. The van der Waals surface area contributed by atoms with Gasteiger partial charge in [-0.1, -0.05) is 23.2 Å². The number of nitrogens with zero attached hydrogens (tertiary/aromatic N) is 1. The molecule has 0 atom stereocenters. The van der Waals surface area contributed by atoms with Gasteiger partial charge in [-0.05, 0) is 25.3 Å². The van der Waals surface area contributed by atoms with Crippen molar-refractivity contribution in [1.82, 2.24) is 10.3 Å². The molecule has 0 bridgehead atoms. The normalized spacial score (nSPS) is 15.7. The summed E-state index contributed by atoms with van der Waals surface area (Å²) in [6.45, 7) is 0. The van der Waals surface area contributed by atoms with E-state index in [1.54, 1.807) is 0 Å². The molecule has 86 valence electrons. The van der Waals surface area contributed by atoms with E-state index >= 15 is 0 Å². The molecule has 2 rings (SSSR count). The van der Waals surface area contributed by atoms with Crippen molar-refractivity contribution in [2.75, 3.05) is 0 Å². The highest BCUT2D eigenvalue weighted by Crippen LogP contribution is 2.22. The molecule has 0 unspecified atom stereocenters. The zero-order chi connectivity index (χ0) is 11.7. The fourth-order valence-electron chi connectivity index (χ4n) is 1.42. The molecule has 0 saturated heterocycles. The van der Waals surface area contributed by atoms with E-state index in [9.17, 15) is 9.18 Å². The first kappa shape index (κ1) is 11.6. The third-order valence-corrected chi connectivity index (χ3v) is 3.12. The van der Waals surface area contributed by atoms with E-state index in [0.29, 0.717) is 0 Å². The first-order valence-corrected chi connectivity index (χ1v) is 5.66. The van der Waals surface area contributed by atoms with E-state index in [-0.39, 0.29) is 21.9 Å². The number of carbonyl (C=O) groups excluding carboxylic acids is 1. The molecule has 6 heteroatoms. The largest absolute Gasteiger partial charge is 0.349 e. The second kappa shape index (κ2) is 4.55. The summed E-state index contributed by atoms with van der Waals surface area (Å²) in [5.41, 5.74) is 0.0236. The molecule has 1 N–H and O–H groups in total. The van der Waals surface area contributed by atoms with Gasteiger partial charge < -0.3 is 5.32 Å². The number of aromatic nitrogens is 1. The molecule has 1 saturated carbocycles. The smallest absolute Gasteiger partial charge is 0.254 e. The van der Waals surface area contributed by atoms with E-state index in [1.165, 1.54) is 0 Å². The van der Waals surface area contributed by atoms with Crippen LogP contribution in [0.2, 0.25) is 10.3 Å². The Bertz CT molecular complexity index is 435. The topological polar surface area (TPSA) is 42.0 Å². The van der Waals surface area contributed by atoms with Gasteiger partial charge in [-0.15, -0.1) is 0 Å². The van der Waals surface area contributed by atoms with Crippen molar-refractivity contribution in [1.29, 1.82) is 0 Å². The molecule has 1 amide bonds. The Morgan fingerprint density at radius 2 is 2.12 bits per heavy atom. The SMILES string of the molecule is O=C(NC1CCC1)c1cc(F)c(Cl)nc1Cl. The van der Waals surface area contributed by atoms with Crippen LogP contribution in [0.5, 0.6) is 0 Å². The minimum atomic E-state index is -0.746. The summed E-state index contributed by atoms with van der Waals surface area (Å²) in [7, 11) is 0. The predicted molar refractivity (Wildman–Crippen MR) is 59.3 cm³/mol. The van der Waals surface area contributed by atoms with Crippen LogP contribution in [-0.4, -0.2) is 16.9 Å². The van der Waals surface area contributed by atoms with Crippen LogP contribution >= 0.6 is 23.2 Å². The predicted octanol–water partition coefficient (Wildman–Crippen LogP) is 2.81. The summed E-state index contributed by atoms with van der Waals surface area (Å²) in [5, 5.41) is 2.34. The van der Waals surface area contributed by atoms with Gasteiger partial charge in [0.25, 0.3) is 5.91 Å². The Morgan fingerprint density at radius 3 is 2.69 bits per heavy atom. The maximum atomic E-state index is 13.1. The summed E-state index contributed by atoms with van der Waals surface area (Å²) < 4.78 is 13.1. The highest BCUT2D eigenvalue weighted by molar-refractivity contribution is 6.34. The lowest BCUT2D eigenvalue weighted by Crippen LogP contribution is -2.39. The summed E-state index contributed by atoms with van der Waals surface area (Å²) in [6, 6.07) is 1.17. The van der Waals surface area contributed by atoms with Crippen LogP contribution in [0.15, 0.2) is 6.07 Å². The number of rotatable bonds is 2. The Labute approximate surface area is 102 Å². The van der Waals surface area contributed by atoms with Crippen molar-refractivity contribution in [2.24, 2.45) is 0 Å². The van der Waals surface area contributed by atoms with Gasteiger partial charge in [-0.25, -0.2) is 9.37 Å². The van der Waals surface area contributed by atoms with Crippen LogP contribution in [0.3, 0.4) is 0 Å². The van der Waals surface area contributed by atoms with Crippen molar-refractivity contribution in [2.45, 2.75) is 25.3 Å². The third-order valence-electron chi connectivity index (χ3n) is 2.57. The van der Waals surface area contributed by atoms with Gasteiger partial charge in [0.15, 0.2) is 11.0 Å². The lowest BCUT2D eigenvalue weighted by molar-refractivity contribution is 0.0916. The van der Waals surface area contributed by atoms with Crippen LogP contribution in [0.25, 0.3) is 0 Å². The zero-order valence-corrected chi connectivity index (χ0v) is 9.78. The van der Waals surface area contributed by atoms with Crippen LogP contribution in [0, 0.1) is 5.82 Å². The monoisotopic (exact) mass is 262 g/mol. The molecular weight excluding hydrogens is 254 g/mol. The van der Waals surface area contributed by atoms with E-state index in [2.05, 4.69) is 10.3 Å². The molecule has 1 aromatic heterocycles. The fourth-order valence-corrected chi connectivity index (χ4v) is 1.83. The van der Waals surface area contributed by atoms with Crippen LogP contribution in [0.1, 0.15) is 29.6 Å². The van der Waals surface area contributed by atoms with Gasteiger partial charge in [-0.3, -0.25) is 4.79 Å². The second-order valence-electron chi connectivity index (χ2n) is 3.70. The molecule has 0 aliphatic heterocycles. The van der Waals surface area contributed by atoms with E-state index in [0.717, 1.165) is 25.3 Å². The van der Waals surface area contributed by atoms with Crippen molar-refractivity contribution < 1.29 is 9.18 Å². The number of hydrogen-bond acceptors (Lipinski definition) is 2. The Morgan fingerprint density at radius 1 is 1.44 bits per heavy atom. The molecule has 1 heterocycles. The van der Waals surface area contributed by atoms with E-state index in [1.807, 2.05) is 0 Å². The Balaban J connectivity index is 2.18. The maximum Gasteiger partial charge on any atom is 0.254 e. The third kappa shape index (κ3) is 2.28. The Kier molecular flexibility index (Phi) is 3.30. The molecular formula is C10H9Cl2FN2O. The van der Waals surface area contributed by atoms with Crippen LogP contribution in [0.4, 0.5) is 4.39 Å². The molecule has 0 aromatic carbocycles. The molecule has 1 fully saturated rings. The first-order chi connectivity index (χ1) is 7.58. The second-order valence-corrected chi connectivity index (χ2v) is 4.42. The molecule has 0 radical (unpaired) electrons. The van der Waals surface area contributed by atoms with E-state index < -0.39 is 11.7 Å². The summed E-state index contributed by atoms with van der Waals surface area (Å²) in [4.78, 5) is 15.2. The number of halogens is 3. The van der Waals surface area contributed by atoms with Gasteiger partial charge in [0.1, 0.15) is 5.15 Å². The quantitative estimate of drug-likeness (QED) is 0.833. The zero-order valence-electron chi connectivity index (χ0n) is 8.27. The molecule has 1 aliphatic carbocycles. The van der Waals surface area contributed by atoms with Crippen molar-refractivity contribution in [3.8, 4) is 0 Å². The van der Waals surface area contributed by atoms with Gasteiger partial charge in [0.2, 0.25) is 0 Å². The molecule has 0 spiro atoms. The van der Waals surface area contributed by atoms with Gasteiger partial charge in [0, 0.05) is 6.04 Å². The minimum Gasteiger partial charge on any atom is -0.349 e. The summed E-state index contributed by atoms with van der Waals surface area (Å²) >= 11 is 11.2. The lowest BCUT2D eigenvalue weighted by Gasteiger charge is -2.26. The molecule has 3 nitrogen and oxygen atoms in total. The standard InChI is InChI=1S/C10H9Cl2FN2O/c11-8-6(4-7(13)9(12)15-8)10(16)14-5-2-1-3-5/h4-5H,1-3H2,(H,14,16). The number of pyridine rings is 1. The maximum absolute atomic E-state index is 13.1. The molecule has 1 aromatic rings. The fraction of sp³-hybridized carbons (Fsp3) is 0.400. The summed E-state index contributed by atoms with van der Waals surface area (Å²) in [6.07, 6.45) is 3.01. The van der Waals surface area contributed by atoms with Crippen molar-refractivity contribution >= 4 is 29.1 Å². The first-order valence-electron chi connectivity index (χ1n) is 4.90. The number of carbonyl (C=O) groups is 1. The van der Waals surface area contributed by atoms with Crippen molar-refractivity contribution in [3.63, 3.8) is 0 Å². The van der Waals surface area contributed by atoms with Crippen LogP contribution < -0.4 is 5.32 Å². The van der Waals surface area contributed by atoms with Crippen molar-refractivity contribution in [3.05, 3.63) is 27.8 Å². The van der Waals surface area contributed by atoms with Gasteiger partial charge in [-0.2, -0.15) is 0 Å². The average Bonchev–Trinajstić information content (AvgIpc) is 2.17. The van der Waals surface area contributed by atoms with Gasteiger partial charge >= 0.3 is 0 Å². The molecule has 16 heavy (non-hydrogen) atoms. The number of nitrogens with one attached hydrogen (secondary N) is 1. The Hall–Kier alpha value is -0.870. The van der Waals surface area contributed by atoms with E-state index in [4.69, 9.17) is 23.2 Å². The number of hydrogen-bond donors (Lipinski definition) is 1. The molecule has 1 aliphatic rings. The van der Waals surface area contributed by atoms with Crippen LogP contribution in [-0.2, 0) is 0 Å².